The fraction of sp³-hybridized carbons (Fsp3) is 0.333. The predicted molar refractivity (Wildman–Crippen MR) is 115 cm³/mol. The first-order chi connectivity index (χ1) is 14.0. The molecule has 0 fully saturated rings. The lowest BCUT2D eigenvalue weighted by Crippen LogP contribution is -2.12. The molecule has 0 radical (unpaired) electrons. The van der Waals surface area contributed by atoms with Crippen LogP contribution in [0.2, 0.25) is 0 Å². The number of nitrogens with two attached hydrogens (primary N) is 2. The van der Waals surface area contributed by atoms with Crippen molar-refractivity contribution in [1.29, 1.82) is 0 Å². The van der Waals surface area contributed by atoms with E-state index < -0.39 is 0 Å². The molecule has 6 N–H and O–H groups in total. The third-order valence-electron chi connectivity index (χ3n) is 4.11. The van der Waals surface area contributed by atoms with Crippen LogP contribution in [0.25, 0.3) is 0 Å². The van der Waals surface area contributed by atoms with Gasteiger partial charge in [0.1, 0.15) is 0 Å². The van der Waals surface area contributed by atoms with E-state index >= 15 is 0 Å². The van der Waals surface area contributed by atoms with Gasteiger partial charge in [-0.1, -0.05) is 0 Å². The van der Waals surface area contributed by atoms with Gasteiger partial charge in [-0.15, -0.1) is 0 Å². The molecule has 0 aliphatic carbocycles. The van der Waals surface area contributed by atoms with Crippen LogP contribution in [0.15, 0.2) is 36.4 Å². The smallest absolute Gasteiger partial charge is 0.338 e. The summed E-state index contributed by atoms with van der Waals surface area (Å²) >= 11 is 0. The van der Waals surface area contributed by atoms with Crippen LogP contribution in [0.1, 0.15) is 41.0 Å². The molecule has 0 aliphatic rings. The van der Waals surface area contributed by atoms with E-state index in [1.165, 1.54) is 0 Å². The number of ether oxygens (including phenoxy) is 2. The second kappa shape index (κ2) is 10.8. The number of anilines is 4. The number of carbonyl (C=O) groups is 2. The molecule has 0 bridgehead atoms. The van der Waals surface area contributed by atoms with Gasteiger partial charge < -0.3 is 31.6 Å². The Morgan fingerprint density at radius 3 is 1.55 bits per heavy atom. The molecule has 8 nitrogen and oxygen atoms in total. The summed E-state index contributed by atoms with van der Waals surface area (Å²) in [5, 5.41) is 6.48. The van der Waals surface area contributed by atoms with Gasteiger partial charge in [0.15, 0.2) is 0 Å². The maximum Gasteiger partial charge on any atom is 0.338 e. The minimum absolute atomic E-state index is 0.321. The molecule has 0 saturated carbocycles. The SMILES string of the molecule is CCOC(=O)c1ccc(NCCCNc2ccc(C(=O)OCC)cc2N)c(N)c1. The topological polar surface area (TPSA) is 129 Å². The van der Waals surface area contributed by atoms with Gasteiger partial charge in [-0.05, 0) is 56.7 Å². The van der Waals surface area contributed by atoms with Crippen molar-refractivity contribution in [3.05, 3.63) is 47.5 Å². The number of hydrogen-bond acceptors (Lipinski definition) is 8. The number of benzene rings is 2. The number of esters is 2. The average molecular weight is 400 g/mol. The van der Waals surface area contributed by atoms with Crippen molar-refractivity contribution < 1.29 is 19.1 Å². The van der Waals surface area contributed by atoms with Gasteiger partial charge >= 0.3 is 11.9 Å². The Morgan fingerprint density at radius 1 is 0.793 bits per heavy atom. The fourth-order valence-corrected chi connectivity index (χ4v) is 2.66. The third kappa shape index (κ3) is 6.31. The van der Waals surface area contributed by atoms with Crippen molar-refractivity contribution in [2.45, 2.75) is 20.3 Å². The second-order valence-corrected chi connectivity index (χ2v) is 6.25. The molecule has 0 spiro atoms. The molecule has 8 heteroatoms. The van der Waals surface area contributed by atoms with Gasteiger partial charge in [0.2, 0.25) is 0 Å². The maximum atomic E-state index is 11.7. The molecule has 0 unspecified atom stereocenters. The van der Waals surface area contributed by atoms with Gasteiger partial charge in [0.25, 0.3) is 0 Å². The minimum Gasteiger partial charge on any atom is -0.462 e. The third-order valence-corrected chi connectivity index (χ3v) is 4.11. The monoisotopic (exact) mass is 400 g/mol. The van der Waals surface area contributed by atoms with Crippen molar-refractivity contribution >= 4 is 34.7 Å². The summed E-state index contributed by atoms with van der Waals surface area (Å²) in [6, 6.07) is 10.1. The number of rotatable bonds is 10. The molecule has 29 heavy (non-hydrogen) atoms. The lowest BCUT2D eigenvalue weighted by molar-refractivity contribution is 0.0517. The highest BCUT2D eigenvalue weighted by Gasteiger charge is 2.10. The Hall–Kier alpha value is -3.42. The summed E-state index contributed by atoms with van der Waals surface area (Å²) in [6.07, 6.45) is 0.804. The van der Waals surface area contributed by atoms with Gasteiger partial charge in [-0.25, -0.2) is 9.59 Å². The van der Waals surface area contributed by atoms with Crippen molar-refractivity contribution in [3.8, 4) is 0 Å². The normalized spacial score (nSPS) is 10.3. The average Bonchev–Trinajstić information content (AvgIpc) is 2.70. The quantitative estimate of drug-likeness (QED) is 0.272. The van der Waals surface area contributed by atoms with Crippen LogP contribution in [-0.2, 0) is 9.47 Å². The number of nitrogens with one attached hydrogen (secondary N) is 2. The van der Waals surface area contributed by atoms with Crippen LogP contribution in [0.5, 0.6) is 0 Å². The zero-order valence-electron chi connectivity index (χ0n) is 16.8. The van der Waals surface area contributed by atoms with Gasteiger partial charge in [-0.2, -0.15) is 0 Å². The van der Waals surface area contributed by atoms with E-state index in [2.05, 4.69) is 10.6 Å². The summed E-state index contributed by atoms with van der Waals surface area (Å²) < 4.78 is 9.92. The molecular formula is C21H28N4O4. The van der Waals surface area contributed by atoms with Gasteiger partial charge in [-0.3, -0.25) is 0 Å². The highest BCUT2D eigenvalue weighted by Crippen LogP contribution is 2.22. The second-order valence-electron chi connectivity index (χ2n) is 6.25. The van der Waals surface area contributed by atoms with E-state index in [-0.39, 0.29) is 11.9 Å². The minimum atomic E-state index is -0.387. The first-order valence-corrected chi connectivity index (χ1v) is 9.57. The zero-order chi connectivity index (χ0) is 21.2. The van der Waals surface area contributed by atoms with Crippen molar-refractivity contribution in [3.63, 3.8) is 0 Å². The lowest BCUT2D eigenvalue weighted by atomic mass is 10.1. The first-order valence-electron chi connectivity index (χ1n) is 9.57. The molecule has 0 heterocycles. The summed E-state index contributed by atoms with van der Waals surface area (Å²) in [7, 11) is 0. The van der Waals surface area contributed by atoms with E-state index in [0.29, 0.717) is 48.8 Å². The zero-order valence-corrected chi connectivity index (χ0v) is 16.8. The fourth-order valence-electron chi connectivity index (χ4n) is 2.66. The standard InChI is InChI=1S/C21H28N4O4/c1-3-28-20(26)14-6-8-18(16(22)12-14)24-10-5-11-25-19-9-7-15(13-17(19)23)21(27)29-4-2/h6-9,12-13,24-25H,3-5,10-11,22-23H2,1-2H3. The molecule has 2 aromatic carbocycles. The van der Waals surface area contributed by atoms with Crippen molar-refractivity contribution in [2.24, 2.45) is 0 Å². The Kier molecular flexibility index (Phi) is 8.14. The Bertz CT molecular complexity index is 785. The summed E-state index contributed by atoms with van der Waals surface area (Å²) in [6.45, 7) is 5.51. The van der Waals surface area contributed by atoms with Gasteiger partial charge in [0.05, 0.1) is 47.1 Å². The van der Waals surface area contributed by atoms with Crippen LogP contribution in [-0.4, -0.2) is 38.2 Å². The number of carbonyl (C=O) groups excluding carboxylic acids is 2. The Balaban J connectivity index is 1.80. The van der Waals surface area contributed by atoms with Crippen LogP contribution in [0.4, 0.5) is 22.7 Å². The van der Waals surface area contributed by atoms with Crippen LogP contribution >= 0.6 is 0 Å². The summed E-state index contributed by atoms with van der Waals surface area (Å²) in [5.41, 5.74) is 15.4. The molecule has 2 rings (SSSR count). The lowest BCUT2D eigenvalue weighted by Gasteiger charge is -2.13. The molecule has 0 aliphatic heterocycles. The van der Waals surface area contributed by atoms with Crippen LogP contribution < -0.4 is 22.1 Å². The van der Waals surface area contributed by atoms with Gasteiger partial charge in [0, 0.05) is 13.1 Å². The summed E-state index contributed by atoms with van der Waals surface area (Å²) in [4.78, 5) is 23.4. The molecule has 0 amide bonds. The summed E-state index contributed by atoms with van der Waals surface area (Å²) in [5.74, 6) is -0.775. The van der Waals surface area contributed by atoms with Crippen LogP contribution in [0, 0.1) is 0 Å². The highest BCUT2D eigenvalue weighted by molar-refractivity contribution is 5.92. The van der Waals surface area contributed by atoms with Crippen LogP contribution in [0.3, 0.4) is 0 Å². The molecule has 156 valence electrons. The highest BCUT2D eigenvalue weighted by atomic mass is 16.5. The molecule has 0 saturated heterocycles. The molecular weight excluding hydrogens is 372 g/mol. The molecule has 0 atom stereocenters. The molecule has 0 aromatic heterocycles. The van der Waals surface area contributed by atoms with E-state index in [1.807, 2.05) is 0 Å². The number of nitrogen functional groups attached to an aromatic ring is 2. The van der Waals surface area contributed by atoms with E-state index in [0.717, 1.165) is 17.8 Å². The predicted octanol–water partition coefficient (Wildman–Crippen LogP) is 3.12. The van der Waals surface area contributed by atoms with E-state index in [9.17, 15) is 9.59 Å². The van der Waals surface area contributed by atoms with Crippen molar-refractivity contribution in [2.75, 3.05) is 48.4 Å². The maximum absolute atomic E-state index is 11.7. The Labute approximate surface area is 170 Å². The van der Waals surface area contributed by atoms with E-state index in [4.69, 9.17) is 20.9 Å². The Morgan fingerprint density at radius 2 is 1.21 bits per heavy atom. The van der Waals surface area contributed by atoms with E-state index in [1.54, 1.807) is 50.2 Å². The van der Waals surface area contributed by atoms with Crippen molar-refractivity contribution in [1.82, 2.24) is 0 Å². The number of hydrogen-bond donors (Lipinski definition) is 4. The molecule has 2 aromatic rings. The first kappa shape index (κ1) is 21.9. The largest absolute Gasteiger partial charge is 0.462 e.